The Kier molecular flexibility index (Phi) is 5.94. The lowest BCUT2D eigenvalue weighted by atomic mass is 10.2. The molecular weight excluding hydrogens is 336 g/mol. The lowest BCUT2D eigenvalue weighted by molar-refractivity contribution is 0.0612. The number of amides is 1. The Morgan fingerprint density at radius 3 is 2.40 bits per heavy atom. The van der Waals surface area contributed by atoms with Gasteiger partial charge in [0, 0.05) is 4.90 Å². The lowest BCUT2D eigenvalue weighted by Gasteiger charge is -2.26. The molecule has 0 aliphatic heterocycles. The van der Waals surface area contributed by atoms with Gasteiger partial charge in [0.15, 0.2) is 0 Å². The van der Waals surface area contributed by atoms with E-state index in [4.69, 9.17) is 14.7 Å². The molecule has 0 heterocycles. The molecule has 0 fully saturated rings. The van der Waals surface area contributed by atoms with E-state index in [1.54, 1.807) is 49.6 Å². The van der Waals surface area contributed by atoms with Gasteiger partial charge in [-0.15, -0.1) is 0 Å². The molecule has 25 heavy (non-hydrogen) atoms. The molecular formula is C19H20N2O3S. The van der Waals surface area contributed by atoms with Crippen LogP contribution in [0.25, 0.3) is 0 Å². The van der Waals surface area contributed by atoms with Crippen LogP contribution in [0.15, 0.2) is 53.4 Å². The van der Waals surface area contributed by atoms with Crippen LogP contribution in [0.3, 0.4) is 0 Å². The molecule has 0 saturated carbocycles. The molecule has 0 unspecified atom stereocenters. The molecule has 0 spiro atoms. The zero-order valence-corrected chi connectivity index (χ0v) is 15.5. The van der Waals surface area contributed by atoms with Crippen molar-refractivity contribution in [3.63, 3.8) is 0 Å². The minimum atomic E-state index is -0.614. The highest BCUT2D eigenvalue weighted by atomic mass is 32.2. The van der Waals surface area contributed by atoms with Crippen molar-refractivity contribution in [2.24, 2.45) is 0 Å². The molecule has 0 radical (unpaired) electrons. The first kappa shape index (κ1) is 18.7. The third-order valence-corrected chi connectivity index (χ3v) is 4.03. The monoisotopic (exact) mass is 356 g/mol. The number of carbonyl (C=O) groups excluding carboxylic acids is 1. The molecule has 130 valence electrons. The third-order valence-electron chi connectivity index (χ3n) is 3.03. The number of nitrogens with zero attached hydrogens (tertiary/aromatic N) is 2. The lowest BCUT2D eigenvalue weighted by Crippen LogP contribution is -2.32. The predicted molar refractivity (Wildman–Crippen MR) is 98.7 cm³/mol. The van der Waals surface area contributed by atoms with E-state index < -0.39 is 11.7 Å². The summed E-state index contributed by atoms with van der Waals surface area (Å²) < 4.78 is 12.1. The smallest absolute Gasteiger partial charge is 0.425 e. The molecule has 0 saturated heterocycles. The molecule has 0 bridgehead atoms. The largest absolute Gasteiger partial charge is 0.497 e. The molecule has 2 aromatic carbocycles. The summed E-state index contributed by atoms with van der Waals surface area (Å²) in [6, 6.07) is 16.3. The number of rotatable bonds is 4. The molecule has 2 aromatic rings. The van der Waals surface area contributed by atoms with Gasteiger partial charge >= 0.3 is 6.09 Å². The van der Waals surface area contributed by atoms with E-state index in [1.165, 1.54) is 16.3 Å². The van der Waals surface area contributed by atoms with E-state index in [9.17, 15) is 4.79 Å². The van der Waals surface area contributed by atoms with E-state index in [0.717, 1.165) is 4.90 Å². The zero-order valence-electron chi connectivity index (χ0n) is 14.6. The standard InChI is InChI=1S/C19H20N2O3S/c1-19(2,3)24-18(22)21(15-8-10-16(23-4)11-9-15)25-17-7-5-6-14(12-17)13-20/h5-12H,1-4H3. The summed E-state index contributed by atoms with van der Waals surface area (Å²) in [6.45, 7) is 5.45. The summed E-state index contributed by atoms with van der Waals surface area (Å²) in [4.78, 5) is 13.4. The Balaban J connectivity index is 2.33. The number of hydrogen-bond donors (Lipinski definition) is 0. The van der Waals surface area contributed by atoms with Gasteiger partial charge in [-0.1, -0.05) is 6.07 Å². The van der Waals surface area contributed by atoms with E-state index >= 15 is 0 Å². The SMILES string of the molecule is COc1ccc(N(Sc2cccc(C#N)c2)C(=O)OC(C)(C)C)cc1. The molecule has 0 N–H and O–H groups in total. The van der Waals surface area contributed by atoms with Crippen molar-refractivity contribution in [2.75, 3.05) is 11.4 Å². The normalized spacial score (nSPS) is 10.7. The van der Waals surface area contributed by atoms with Gasteiger partial charge in [0.1, 0.15) is 11.4 Å². The highest BCUT2D eigenvalue weighted by molar-refractivity contribution is 8.01. The first-order chi connectivity index (χ1) is 11.8. The summed E-state index contributed by atoms with van der Waals surface area (Å²) in [5.41, 5.74) is 0.572. The average molecular weight is 356 g/mol. The fourth-order valence-corrected chi connectivity index (χ4v) is 2.81. The fourth-order valence-electron chi connectivity index (χ4n) is 1.94. The Morgan fingerprint density at radius 2 is 1.84 bits per heavy atom. The minimum Gasteiger partial charge on any atom is -0.497 e. The van der Waals surface area contributed by atoms with Crippen molar-refractivity contribution in [3.05, 3.63) is 54.1 Å². The van der Waals surface area contributed by atoms with Crippen LogP contribution in [-0.4, -0.2) is 18.8 Å². The van der Waals surface area contributed by atoms with Crippen LogP contribution in [0.4, 0.5) is 10.5 Å². The molecule has 0 aromatic heterocycles. The van der Waals surface area contributed by atoms with Crippen LogP contribution < -0.4 is 9.04 Å². The van der Waals surface area contributed by atoms with Gasteiger partial charge in [-0.05, 0) is 75.2 Å². The number of ether oxygens (including phenoxy) is 2. The quantitative estimate of drug-likeness (QED) is 0.720. The molecule has 2 rings (SSSR count). The maximum Gasteiger partial charge on any atom is 0.425 e. The van der Waals surface area contributed by atoms with Crippen molar-refractivity contribution < 1.29 is 14.3 Å². The molecule has 0 atom stereocenters. The minimum absolute atomic E-state index is 0.481. The maximum atomic E-state index is 12.7. The van der Waals surface area contributed by atoms with Crippen LogP contribution in [0, 0.1) is 11.3 Å². The Bertz CT molecular complexity index is 776. The van der Waals surface area contributed by atoms with Gasteiger partial charge in [-0.2, -0.15) is 5.26 Å². The van der Waals surface area contributed by atoms with Gasteiger partial charge in [-0.3, -0.25) is 0 Å². The summed E-state index contributed by atoms with van der Waals surface area (Å²) in [5, 5.41) is 9.05. The average Bonchev–Trinajstić information content (AvgIpc) is 2.58. The zero-order chi connectivity index (χ0) is 18.4. The highest BCUT2D eigenvalue weighted by Crippen LogP contribution is 2.32. The van der Waals surface area contributed by atoms with Crippen LogP contribution >= 0.6 is 11.9 Å². The van der Waals surface area contributed by atoms with Gasteiger partial charge in [0.05, 0.1) is 24.4 Å². The molecule has 0 aliphatic rings. The van der Waals surface area contributed by atoms with Crippen LogP contribution in [0.2, 0.25) is 0 Å². The molecule has 1 amide bonds. The second-order valence-electron chi connectivity index (χ2n) is 6.20. The highest BCUT2D eigenvalue weighted by Gasteiger charge is 2.25. The van der Waals surface area contributed by atoms with Crippen LogP contribution in [0.1, 0.15) is 26.3 Å². The fraction of sp³-hybridized carbons (Fsp3) is 0.263. The first-order valence-electron chi connectivity index (χ1n) is 7.67. The number of benzene rings is 2. The van der Waals surface area contributed by atoms with Crippen molar-refractivity contribution in [1.82, 2.24) is 0 Å². The first-order valence-corrected chi connectivity index (χ1v) is 8.45. The van der Waals surface area contributed by atoms with Gasteiger partial charge in [-0.25, -0.2) is 9.10 Å². The van der Waals surface area contributed by atoms with Crippen molar-refractivity contribution in [2.45, 2.75) is 31.3 Å². The number of hydrogen-bond acceptors (Lipinski definition) is 5. The van der Waals surface area contributed by atoms with E-state index in [0.29, 0.717) is 17.0 Å². The summed E-state index contributed by atoms with van der Waals surface area (Å²) in [5.74, 6) is 0.698. The summed E-state index contributed by atoms with van der Waals surface area (Å²) in [6.07, 6.45) is -0.481. The van der Waals surface area contributed by atoms with Crippen molar-refractivity contribution in [3.8, 4) is 11.8 Å². The van der Waals surface area contributed by atoms with E-state index in [2.05, 4.69) is 6.07 Å². The van der Waals surface area contributed by atoms with Gasteiger partial charge in [0.2, 0.25) is 0 Å². The topological polar surface area (TPSA) is 62.6 Å². The summed E-state index contributed by atoms with van der Waals surface area (Å²) >= 11 is 1.20. The number of anilines is 1. The van der Waals surface area contributed by atoms with Gasteiger partial charge < -0.3 is 9.47 Å². The second-order valence-corrected chi connectivity index (χ2v) is 7.22. The third kappa shape index (κ3) is 5.44. The van der Waals surface area contributed by atoms with E-state index in [1.807, 2.05) is 26.8 Å². The molecule has 5 nitrogen and oxygen atoms in total. The predicted octanol–water partition coefficient (Wildman–Crippen LogP) is 5.02. The Hall–Kier alpha value is -2.65. The molecule has 6 heteroatoms. The maximum absolute atomic E-state index is 12.7. The number of nitriles is 1. The van der Waals surface area contributed by atoms with Crippen LogP contribution in [0.5, 0.6) is 5.75 Å². The second kappa shape index (κ2) is 7.95. The summed E-state index contributed by atoms with van der Waals surface area (Å²) in [7, 11) is 1.59. The number of carbonyl (C=O) groups is 1. The Labute approximate surface area is 152 Å². The molecule has 0 aliphatic carbocycles. The van der Waals surface area contributed by atoms with Gasteiger partial charge in [0.25, 0.3) is 0 Å². The van der Waals surface area contributed by atoms with Crippen LogP contribution in [-0.2, 0) is 4.74 Å². The van der Waals surface area contributed by atoms with E-state index in [-0.39, 0.29) is 0 Å². The Morgan fingerprint density at radius 1 is 1.16 bits per heavy atom. The van der Waals surface area contributed by atoms with Crippen molar-refractivity contribution in [1.29, 1.82) is 5.26 Å². The number of methoxy groups -OCH3 is 1. The van der Waals surface area contributed by atoms with Crippen molar-refractivity contribution >= 4 is 23.7 Å².